The summed E-state index contributed by atoms with van der Waals surface area (Å²) in [5, 5.41) is 1.75. The largest absolute Gasteiger partial charge is 0.381 e. The van der Waals surface area contributed by atoms with Gasteiger partial charge in [0.25, 0.3) is 0 Å². The van der Waals surface area contributed by atoms with Gasteiger partial charge < -0.3 is 14.9 Å². The highest BCUT2D eigenvalue weighted by Crippen LogP contribution is 2.32. The predicted molar refractivity (Wildman–Crippen MR) is 82.2 cm³/mol. The van der Waals surface area contributed by atoms with E-state index >= 15 is 0 Å². The third-order valence-corrected chi connectivity index (χ3v) is 4.91. The number of aromatic nitrogens is 2. The maximum Gasteiger partial charge on any atom is 0.138 e. The van der Waals surface area contributed by atoms with Crippen LogP contribution >= 0.6 is 11.8 Å². The van der Waals surface area contributed by atoms with Crippen LogP contribution in [0.4, 0.5) is 0 Å². The predicted octanol–water partition coefficient (Wildman–Crippen LogP) is 2.50. The van der Waals surface area contributed by atoms with E-state index in [2.05, 4.69) is 16.7 Å². The Morgan fingerprint density at radius 3 is 3.00 bits per heavy atom. The van der Waals surface area contributed by atoms with E-state index in [-0.39, 0.29) is 6.04 Å². The van der Waals surface area contributed by atoms with Gasteiger partial charge in [-0.1, -0.05) is 6.07 Å². The van der Waals surface area contributed by atoms with Crippen molar-refractivity contribution >= 4 is 17.4 Å². The Bertz CT molecular complexity index is 576. The van der Waals surface area contributed by atoms with Crippen LogP contribution in [0.5, 0.6) is 0 Å². The van der Waals surface area contributed by atoms with Crippen molar-refractivity contribution in [3.05, 3.63) is 30.1 Å². The Kier molecular flexibility index (Phi) is 4.29. The zero-order valence-corrected chi connectivity index (χ0v) is 12.6. The molecule has 108 valence electrons. The molecule has 1 fully saturated rings. The first-order valence-corrected chi connectivity index (χ1v) is 8.08. The second kappa shape index (κ2) is 6.16. The van der Waals surface area contributed by atoms with Crippen molar-refractivity contribution in [2.75, 3.05) is 13.2 Å². The van der Waals surface area contributed by atoms with Crippen LogP contribution in [0.3, 0.4) is 0 Å². The van der Waals surface area contributed by atoms with Crippen LogP contribution in [-0.2, 0) is 11.2 Å². The first kappa shape index (κ1) is 13.9. The molecule has 5 heteroatoms. The van der Waals surface area contributed by atoms with E-state index in [0.717, 1.165) is 43.1 Å². The third-order valence-electron chi connectivity index (χ3n) is 3.55. The first-order chi connectivity index (χ1) is 9.74. The molecule has 0 aliphatic carbocycles. The Hall–Kier alpha value is -1.04. The van der Waals surface area contributed by atoms with Crippen LogP contribution in [0.25, 0.3) is 5.65 Å². The quantitative estimate of drug-likeness (QED) is 0.940. The average Bonchev–Trinajstić information content (AvgIpc) is 2.78. The highest BCUT2D eigenvalue weighted by atomic mass is 32.2. The van der Waals surface area contributed by atoms with Crippen LogP contribution in [0.1, 0.15) is 25.5 Å². The molecule has 1 unspecified atom stereocenters. The maximum absolute atomic E-state index is 6.01. The first-order valence-electron chi connectivity index (χ1n) is 7.20. The van der Waals surface area contributed by atoms with E-state index in [0.29, 0.717) is 5.25 Å². The lowest BCUT2D eigenvalue weighted by atomic mass is 10.2. The molecule has 2 N–H and O–H groups in total. The van der Waals surface area contributed by atoms with Gasteiger partial charge in [0.1, 0.15) is 10.7 Å². The van der Waals surface area contributed by atoms with E-state index in [4.69, 9.17) is 15.5 Å². The fourth-order valence-corrected chi connectivity index (χ4v) is 3.77. The summed E-state index contributed by atoms with van der Waals surface area (Å²) < 4.78 is 7.60. The van der Waals surface area contributed by atoms with Gasteiger partial charge >= 0.3 is 0 Å². The number of pyridine rings is 1. The molecule has 0 radical (unpaired) electrons. The van der Waals surface area contributed by atoms with Gasteiger partial charge in [0.2, 0.25) is 0 Å². The van der Waals surface area contributed by atoms with Crippen LogP contribution in [0, 0.1) is 0 Å². The maximum atomic E-state index is 6.01. The van der Waals surface area contributed by atoms with Crippen molar-refractivity contribution < 1.29 is 4.74 Å². The zero-order valence-electron chi connectivity index (χ0n) is 11.8. The lowest BCUT2D eigenvalue weighted by Crippen LogP contribution is -2.20. The normalized spacial score (nSPS) is 18.5. The molecule has 1 atom stereocenters. The molecule has 2 aromatic rings. The van der Waals surface area contributed by atoms with Gasteiger partial charge in [-0.15, -0.1) is 11.8 Å². The second-order valence-electron chi connectivity index (χ2n) is 5.40. The summed E-state index contributed by atoms with van der Waals surface area (Å²) >= 11 is 1.89. The highest BCUT2D eigenvalue weighted by Gasteiger charge is 2.20. The number of rotatable bonds is 4. The van der Waals surface area contributed by atoms with E-state index in [1.54, 1.807) is 0 Å². The van der Waals surface area contributed by atoms with Gasteiger partial charge in [-0.25, -0.2) is 4.98 Å². The number of thioether (sulfide) groups is 1. The monoisotopic (exact) mass is 291 g/mol. The zero-order chi connectivity index (χ0) is 13.9. The van der Waals surface area contributed by atoms with E-state index in [1.807, 2.05) is 30.8 Å². The average molecular weight is 291 g/mol. The van der Waals surface area contributed by atoms with Gasteiger partial charge in [-0.05, 0) is 31.9 Å². The van der Waals surface area contributed by atoms with Crippen molar-refractivity contribution in [1.29, 1.82) is 0 Å². The lowest BCUT2D eigenvalue weighted by Gasteiger charge is -2.21. The standard InChI is InChI=1S/C15H21N3OS/c1-11(16)10-13-15(20-12-5-8-19-9-6-12)17-14-4-2-3-7-18(13)14/h2-4,7,11-12H,5-6,8-10,16H2,1H3. The molecule has 20 heavy (non-hydrogen) atoms. The number of nitrogens with zero attached hydrogens (tertiary/aromatic N) is 2. The number of nitrogens with two attached hydrogens (primary N) is 1. The van der Waals surface area contributed by atoms with Crippen LogP contribution < -0.4 is 5.73 Å². The molecule has 0 bridgehead atoms. The van der Waals surface area contributed by atoms with Crippen molar-refractivity contribution in [3.8, 4) is 0 Å². The molecule has 0 aromatic carbocycles. The van der Waals surface area contributed by atoms with Gasteiger partial charge in [0.05, 0.1) is 5.69 Å². The van der Waals surface area contributed by atoms with Gasteiger partial charge in [0, 0.05) is 37.1 Å². The highest BCUT2D eigenvalue weighted by molar-refractivity contribution is 7.99. The van der Waals surface area contributed by atoms with Gasteiger partial charge in [-0.2, -0.15) is 0 Å². The number of hydrogen-bond donors (Lipinski definition) is 1. The molecule has 0 saturated carbocycles. The molecule has 3 heterocycles. The minimum Gasteiger partial charge on any atom is -0.381 e. The Morgan fingerprint density at radius 2 is 2.25 bits per heavy atom. The summed E-state index contributed by atoms with van der Waals surface area (Å²) in [7, 11) is 0. The minimum atomic E-state index is 0.143. The molecule has 1 aliphatic rings. The summed E-state index contributed by atoms with van der Waals surface area (Å²) in [5.41, 5.74) is 8.26. The topological polar surface area (TPSA) is 52.5 Å². The Labute approximate surface area is 123 Å². The van der Waals surface area contributed by atoms with Crippen LogP contribution in [0.15, 0.2) is 29.4 Å². The smallest absolute Gasteiger partial charge is 0.138 e. The fourth-order valence-electron chi connectivity index (χ4n) is 2.56. The molecule has 2 aromatic heterocycles. The van der Waals surface area contributed by atoms with Crippen molar-refractivity contribution in [3.63, 3.8) is 0 Å². The third kappa shape index (κ3) is 3.00. The Balaban J connectivity index is 1.91. The summed E-state index contributed by atoms with van der Waals surface area (Å²) in [4.78, 5) is 4.79. The number of hydrogen-bond acceptors (Lipinski definition) is 4. The number of ether oxygens (including phenoxy) is 1. The van der Waals surface area contributed by atoms with Gasteiger partial charge in [-0.3, -0.25) is 0 Å². The van der Waals surface area contributed by atoms with Crippen molar-refractivity contribution in [1.82, 2.24) is 9.38 Å². The van der Waals surface area contributed by atoms with E-state index in [9.17, 15) is 0 Å². The summed E-state index contributed by atoms with van der Waals surface area (Å²) in [6.07, 6.45) is 5.15. The summed E-state index contributed by atoms with van der Waals surface area (Å²) in [6.45, 7) is 3.78. The van der Waals surface area contributed by atoms with Crippen molar-refractivity contribution in [2.45, 2.75) is 42.5 Å². The second-order valence-corrected chi connectivity index (χ2v) is 6.69. The lowest BCUT2D eigenvalue weighted by molar-refractivity contribution is 0.1000. The minimum absolute atomic E-state index is 0.143. The van der Waals surface area contributed by atoms with Crippen LogP contribution in [-0.4, -0.2) is 33.9 Å². The molecule has 0 spiro atoms. The molecule has 0 amide bonds. The van der Waals surface area contributed by atoms with Crippen LogP contribution in [0.2, 0.25) is 0 Å². The fraction of sp³-hybridized carbons (Fsp3) is 0.533. The SMILES string of the molecule is CC(N)Cc1c(SC2CCOCC2)nc2ccccn12. The molecular formula is C15H21N3OS. The summed E-state index contributed by atoms with van der Waals surface area (Å²) in [6, 6.07) is 6.27. The molecule has 4 nitrogen and oxygen atoms in total. The molecular weight excluding hydrogens is 270 g/mol. The number of fused-ring (bicyclic) bond motifs is 1. The molecule has 1 saturated heterocycles. The Morgan fingerprint density at radius 1 is 1.45 bits per heavy atom. The van der Waals surface area contributed by atoms with Crippen molar-refractivity contribution in [2.24, 2.45) is 5.73 Å². The van der Waals surface area contributed by atoms with Gasteiger partial charge in [0.15, 0.2) is 0 Å². The molecule has 1 aliphatic heterocycles. The van der Waals surface area contributed by atoms with E-state index in [1.165, 1.54) is 5.69 Å². The summed E-state index contributed by atoms with van der Waals surface area (Å²) in [5.74, 6) is 0. The molecule has 3 rings (SSSR count). The van der Waals surface area contributed by atoms with E-state index < -0.39 is 0 Å². The number of imidazole rings is 1.